The van der Waals surface area contributed by atoms with E-state index < -0.39 is 5.24 Å². The molecule has 0 bridgehead atoms. The molecule has 0 aliphatic carbocycles. The van der Waals surface area contributed by atoms with Crippen LogP contribution in [0.2, 0.25) is 0 Å². The predicted molar refractivity (Wildman–Crippen MR) is 91.6 cm³/mol. The van der Waals surface area contributed by atoms with Gasteiger partial charge >= 0.3 is 0 Å². The van der Waals surface area contributed by atoms with Crippen LogP contribution < -0.4 is 0 Å². The maximum absolute atomic E-state index is 11.8. The molecule has 3 rings (SSSR count). The van der Waals surface area contributed by atoms with Crippen molar-refractivity contribution in [3.05, 3.63) is 64.7 Å². The molecule has 0 unspecified atom stereocenters. The fourth-order valence-electron chi connectivity index (χ4n) is 2.60. The second-order valence-corrected chi connectivity index (χ2v) is 5.94. The largest absolute Gasteiger partial charge is 0.276 e. The van der Waals surface area contributed by atoms with Gasteiger partial charge in [0.15, 0.2) is 0 Å². The van der Waals surface area contributed by atoms with Crippen molar-refractivity contribution < 1.29 is 4.79 Å². The number of rotatable bonds is 2. The van der Waals surface area contributed by atoms with E-state index in [0.717, 1.165) is 27.7 Å². The van der Waals surface area contributed by atoms with Gasteiger partial charge in [0.05, 0.1) is 11.2 Å². The van der Waals surface area contributed by atoms with Crippen molar-refractivity contribution in [3.8, 4) is 11.3 Å². The van der Waals surface area contributed by atoms with E-state index in [0.29, 0.717) is 5.56 Å². The van der Waals surface area contributed by atoms with Crippen LogP contribution in [0, 0.1) is 20.8 Å². The van der Waals surface area contributed by atoms with Gasteiger partial charge in [0.2, 0.25) is 0 Å². The number of carbonyl (C=O) groups excluding carboxylic acids is 1. The highest BCUT2D eigenvalue weighted by atomic mass is 35.5. The Morgan fingerprint density at radius 3 is 2.41 bits per heavy atom. The number of benzene rings is 2. The van der Waals surface area contributed by atoms with Crippen LogP contribution in [-0.4, -0.2) is 10.2 Å². The van der Waals surface area contributed by atoms with Crippen molar-refractivity contribution in [1.82, 2.24) is 4.98 Å². The number of carbonyl (C=O) groups is 1. The van der Waals surface area contributed by atoms with Crippen molar-refractivity contribution in [1.29, 1.82) is 0 Å². The molecule has 2 aromatic carbocycles. The topological polar surface area (TPSA) is 30.0 Å². The van der Waals surface area contributed by atoms with Gasteiger partial charge in [0.1, 0.15) is 0 Å². The molecule has 0 radical (unpaired) electrons. The molecule has 110 valence electrons. The van der Waals surface area contributed by atoms with Crippen LogP contribution in [0.25, 0.3) is 22.2 Å². The van der Waals surface area contributed by atoms with Crippen LogP contribution in [0.15, 0.2) is 42.5 Å². The minimum Gasteiger partial charge on any atom is -0.276 e. The lowest BCUT2D eigenvalue weighted by molar-refractivity contribution is 0.108. The zero-order valence-corrected chi connectivity index (χ0v) is 13.5. The monoisotopic (exact) mass is 309 g/mol. The van der Waals surface area contributed by atoms with Crippen LogP contribution in [0.1, 0.15) is 27.0 Å². The maximum atomic E-state index is 11.8. The fourth-order valence-corrected chi connectivity index (χ4v) is 2.76. The molecule has 1 heterocycles. The summed E-state index contributed by atoms with van der Waals surface area (Å²) in [6, 6.07) is 13.7. The number of aromatic nitrogens is 1. The Labute approximate surface area is 134 Å². The summed E-state index contributed by atoms with van der Waals surface area (Å²) in [7, 11) is 0. The SMILES string of the molecule is Cc1ccc(-c2cc(C(=O)Cl)c3cccc(C)c3n2)cc1C. The second kappa shape index (κ2) is 5.54. The predicted octanol–water partition coefficient (Wildman–Crippen LogP) is 5.21. The van der Waals surface area contributed by atoms with Crippen LogP contribution in [-0.2, 0) is 0 Å². The third-order valence-electron chi connectivity index (χ3n) is 4.06. The summed E-state index contributed by atoms with van der Waals surface area (Å²) < 4.78 is 0. The number of para-hydroxylation sites is 1. The zero-order chi connectivity index (χ0) is 15.9. The van der Waals surface area contributed by atoms with Gasteiger partial charge in [-0.05, 0) is 61.2 Å². The van der Waals surface area contributed by atoms with Crippen LogP contribution in [0.4, 0.5) is 0 Å². The summed E-state index contributed by atoms with van der Waals surface area (Å²) in [6.07, 6.45) is 0. The Kier molecular flexibility index (Phi) is 3.71. The molecule has 2 nitrogen and oxygen atoms in total. The van der Waals surface area contributed by atoms with E-state index in [1.807, 2.05) is 31.2 Å². The van der Waals surface area contributed by atoms with Gasteiger partial charge in [-0.3, -0.25) is 4.79 Å². The summed E-state index contributed by atoms with van der Waals surface area (Å²) in [4.78, 5) is 16.6. The Bertz CT molecular complexity index is 899. The Balaban J connectivity index is 2.33. The van der Waals surface area contributed by atoms with E-state index in [2.05, 4.69) is 26.0 Å². The van der Waals surface area contributed by atoms with Gasteiger partial charge in [-0.2, -0.15) is 0 Å². The average molecular weight is 310 g/mol. The number of hydrogen-bond donors (Lipinski definition) is 0. The first-order chi connectivity index (χ1) is 10.5. The Hall–Kier alpha value is -2.19. The number of hydrogen-bond acceptors (Lipinski definition) is 2. The first-order valence-corrected chi connectivity index (χ1v) is 7.53. The van der Waals surface area contributed by atoms with Crippen LogP contribution >= 0.6 is 11.6 Å². The van der Waals surface area contributed by atoms with Gasteiger partial charge < -0.3 is 0 Å². The molecule has 3 heteroatoms. The lowest BCUT2D eigenvalue weighted by atomic mass is 10.00. The first kappa shape index (κ1) is 14.7. The maximum Gasteiger partial charge on any atom is 0.253 e. The first-order valence-electron chi connectivity index (χ1n) is 7.15. The highest BCUT2D eigenvalue weighted by Crippen LogP contribution is 2.28. The molecular weight excluding hydrogens is 294 g/mol. The summed E-state index contributed by atoms with van der Waals surface area (Å²) >= 11 is 5.78. The van der Waals surface area contributed by atoms with E-state index in [1.165, 1.54) is 11.1 Å². The summed E-state index contributed by atoms with van der Waals surface area (Å²) in [5.41, 5.74) is 6.55. The third-order valence-corrected chi connectivity index (χ3v) is 4.26. The van der Waals surface area contributed by atoms with Crippen molar-refractivity contribution >= 4 is 27.7 Å². The summed E-state index contributed by atoms with van der Waals surface area (Å²) in [6.45, 7) is 6.13. The third kappa shape index (κ3) is 2.51. The van der Waals surface area contributed by atoms with Crippen molar-refractivity contribution in [3.63, 3.8) is 0 Å². The molecule has 0 amide bonds. The fraction of sp³-hybridized carbons (Fsp3) is 0.158. The van der Waals surface area contributed by atoms with Crippen molar-refractivity contribution in [2.75, 3.05) is 0 Å². The number of halogens is 1. The lowest BCUT2D eigenvalue weighted by Gasteiger charge is -2.10. The molecule has 3 aromatic rings. The van der Waals surface area contributed by atoms with E-state index in [-0.39, 0.29) is 0 Å². The Morgan fingerprint density at radius 2 is 1.73 bits per heavy atom. The molecular formula is C19H16ClNO. The van der Waals surface area contributed by atoms with E-state index in [4.69, 9.17) is 16.6 Å². The van der Waals surface area contributed by atoms with Gasteiger partial charge in [0, 0.05) is 16.5 Å². The second-order valence-electron chi connectivity index (χ2n) is 5.60. The van der Waals surface area contributed by atoms with Gasteiger partial charge in [-0.1, -0.05) is 30.3 Å². The van der Waals surface area contributed by atoms with Gasteiger partial charge in [-0.15, -0.1) is 0 Å². The molecule has 0 N–H and O–H groups in total. The quantitative estimate of drug-likeness (QED) is 0.608. The molecule has 0 saturated heterocycles. The van der Waals surface area contributed by atoms with Crippen LogP contribution in [0.3, 0.4) is 0 Å². The highest BCUT2D eigenvalue weighted by Gasteiger charge is 2.13. The average Bonchev–Trinajstić information content (AvgIpc) is 2.49. The van der Waals surface area contributed by atoms with Crippen LogP contribution in [0.5, 0.6) is 0 Å². The molecule has 0 aliphatic rings. The number of nitrogens with zero attached hydrogens (tertiary/aromatic N) is 1. The van der Waals surface area contributed by atoms with E-state index in [9.17, 15) is 4.79 Å². The molecule has 0 fully saturated rings. The molecule has 22 heavy (non-hydrogen) atoms. The standard InChI is InChI=1S/C19H16ClNO/c1-11-7-8-14(9-13(11)3)17-10-16(19(20)22)15-6-4-5-12(2)18(15)21-17/h4-10H,1-3H3. The Morgan fingerprint density at radius 1 is 0.955 bits per heavy atom. The van der Waals surface area contributed by atoms with E-state index in [1.54, 1.807) is 6.07 Å². The van der Waals surface area contributed by atoms with Crippen molar-refractivity contribution in [2.45, 2.75) is 20.8 Å². The molecule has 0 atom stereocenters. The highest BCUT2D eigenvalue weighted by molar-refractivity contribution is 6.68. The minimum atomic E-state index is -0.455. The smallest absolute Gasteiger partial charge is 0.253 e. The number of aryl methyl sites for hydroxylation is 3. The summed E-state index contributed by atoms with van der Waals surface area (Å²) in [5.74, 6) is 0. The zero-order valence-electron chi connectivity index (χ0n) is 12.8. The lowest BCUT2D eigenvalue weighted by Crippen LogP contribution is -1.97. The molecule has 0 spiro atoms. The molecule has 0 saturated carbocycles. The van der Waals surface area contributed by atoms with Gasteiger partial charge in [0.25, 0.3) is 5.24 Å². The van der Waals surface area contributed by atoms with Crippen molar-refractivity contribution in [2.24, 2.45) is 0 Å². The summed E-state index contributed by atoms with van der Waals surface area (Å²) in [5, 5.41) is 0.343. The number of pyridine rings is 1. The van der Waals surface area contributed by atoms with Gasteiger partial charge in [-0.25, -0.2) is 4.98 Å². The molecule has 0 aliphatic heterocycles. The molecule has 1 aromatic heterocycles. The van der Waals surface area contributed by atoms with E-state index >= 15 is 0 Å². The number of fused-ring (bicyclic) bond motifs is 1. The minimum absolute atomic E-state index is 0.455. The normalized spacial score (nSPS) is 10.9.